The van der Waals surface area contributed by atoms with E-state index in [0.717, 1.165) is 32.1 Å². The smallest absolute Gasteiger partial charge is 0.338 e. The Labute approximate surface area is 175 Å². The average Bonchev–Trinajstić information content (AvgIpc) is 3.01. The summed E-state index contributed by atoms with van der Waals surface area (Å²) < 4.78 is 5.24. The van der Waals surface area contributed by atoms with Crippen molar-refractivity contribution in [1.82, 2.24) is 9.80 Å². The first-order valence-corrected chi connectivity index (χ1v) is 10.2. The van der Waals surface area contributed by atoms with E-state index in [4.69, 9.17) is 10.00 Å². The number of carbonyl (C=O) groups excluding carboxylic acids is 4. The third-order valence-electron chi connectivity index (χ3n) is 5.66. The maximum Gasteiger partial charge on any atom is 0.338 e. The molecule has 3 amide bonds. The highest BCUT2D eigenvalue weighted by molar-refractivity contribution is 6.22. The molecule has 8 heteroatoms. The van der Waals surface area contributed by atoms with Crippen molar-refractivity contribution in [2.75, 3.05) is 13.6 Å². The molecule has 1 aromatic rings. The number of hydrogen-bond acceptors (Lipinski definition) is 6. The van der Waals surface area contributed by atoms with Crippen LogP contribution >= 0.6 is 0 Å². The highest BCUT2D eigenvalue weighted by Gasteiger charge is 2.40. The number of hydrogen-bond donors (Lipinski definition) is 0. The van der Waals surface area contributed by atoms with Gasteiger partial charge in [-0.25, -0.2) is 4.79 Å². The number of likely N-dealkylation sites (N-methyl/N-ethyl adjacent to an activating group) is 1. The molecule has 1 aliphatic heterocycles. The Morgan fingerprint density at radius 3 is 2.53 bits per heavy atom. The lowest BCUT2D eigenvalue weighted by Crippen LogP contribution is -2.40. The number of benzene rings is 1. The fraction of sp³-hybridized carbons (Fsp3) is 0.500. The molecule has 0 spiro atoms. The zero-order chi connectivity index (χ0) is 21.8. The van der Waals surface area contributed by atoms with Crippen LogP contribution in [0.2, 0.25) is 0 Å². The highest BCUT2D eigenvalue weighted by Crippen LogP contribution is 2.31. The summed E-state index contributed by atoms with van der Waals surface area (Å²) >= 11 is 0. The lowest BCUT2D eigenvalue weighted by Gasteiger charge is -2.29. The van der Waals surface area contributed by atoms with Crippen LogP contribution in [0.25, 0.3) is 0 Å². The molecule has 0 aromatic heterocycles. The lowest BCUT2D eigenvalue weighted by atomic mass is 9.94. The van der Waals surface area contributed by atoms with E-state index in [1.165, 1.54) is 42.0 Å². The molecule has 0 unspecified atom stereocenters. The fourth-order valence-corrected chi connectivity index (χ4v) is 3.97. The van der Waals surface area contributed by atoms with E-state index in [2.05, 4.69) is 0 Å². The Balaban J connectivity index is 1.71. The van der Waals surface area contributed by atoms with Crippen molar-refractivity contribution in [3.8, 4) is 6.07 Å². The number of ether oxygens (including phenoxy) is 1. The monoisotopic (exact) mass is 411 g/mol. The van der Waals surface area contributed by atoms with E-state index in [9.17, 15) is 19.2 Å². The van der Waals surface area contributed by atoms with Gasteiger partial charge in [0.25, 0.3) is 17.7 Å². The Kier molecular flexibility index (Phi) is 6.50. The maximum atomic E-state index is 12.9. The van der Waals surface area contributed by atoms with Gasteiger partial charge in [-0.3, -0.25) is 19.3 Å². The second-order valence-corrected chi connectivity index (χ2v) is 7.75. The number of rotatable bonds is 6. The molecule has 1 saturated carbocycles. The van der Waals surface area contributed by atoms with Crippen LogP contribution in [0.15, 0.2) is 18.2 Å². The van der Waals surface area contributed by atoms with E-state index in [1.807, 2.05) is 6.07 Å². The third kappa shape index (κ3) is 4.20. The van der Waals surface area contributed by atoms with Crippen molar-refractivity contribution >= 4 is 23.7 Å². The highest BCUT2D eigenvalue weighted by atomic mass is 16.5. The molecule has 8 nitrogen and oxygen atoms in total. The second-order valence-electron chi connectivity index (χ2n) is 7.75. The molecule has 0 saturated heterocycles. The average molecular weight is 411 g/mol. The summed E-state index contributed by atoms with van der Waals surface area (Å²) in [5.74, 6) is -1.86. The van der Waals surface area contributed by atoms with Gasteiger partial charge in [0, 0.05) is 19.6 Å². The van der Waals surface area contributed by atoms with E-state index < -0.39 is 18.0 Å². The normalized spacial score (nSPS) is 17.3. The van der Waals surface area contributed by atoms with Crippen LogP contribution in [0.1, 0.15) is 76.5 Å². The largest absolute Gasteiger partial charge is 0.449 e. The van der Waals surface area contributed by atoms with Gasteiger partial charge in [-0.15, -0.1) is 0 Å². The molecule has 158 valence electrons. The van der Waals surface area contributed by atoms with Crippen LogP contribution in [0.3, 0.4) is 0 Å². The number of imide groups is 1. The van der Waals surface area contributed by atoms with Crippen LogP contribution in [0.4, 0.5) is 0 Å². The van der Waals surface area contributed by atoms with Crippen LogP contribution < -0.4 is 0 Å². The number of carbonyl (C=O) groups is 4. The molecule has 30 heavy (non-hydrogen) atoms. The Hall–Kier alpha value is -3.21. The number of nitrogens with zero attached hydrogens (tertiary/aromatic N) is 3. The van der Waals surface area contributed by atoms with Gasteiger partial charge in [0.15, 0.2) is 6.10 Å². The molecule has 1 heterocycles. The van der Waals surface area contributed by atoms with Crippen molar-refractivity contribution in [1.29, 1.82) is 5.26 Å². The predicted molar refractivity (Wildman–Crippen MR) is 107 cm³/mol. The van der Waals surface area contributed by atoms with E-state index in [1.54, 1.807) is 0 Å². The summed E-state index contributed by atoms with van der Waals surface area (Å²) in [7, 11) is 1.53. The van der Waals surface area contributed by atoms with Gasteiger partial charge < -0.3 is 9.64 Å². The Morgan fingerprint density at radius 2 is 1.87 bits per heavy atom. The molecule has 1 atom stereocenters. The van der Waals surface area contributed by atoms with Crippen molar-refractivity contribution in [3.05, 3.63) is 34.9 Å². The zero-order valence-corrected chi connectivity index (χ0v) is 17.2. The van der Waals surface area contributed by atoms with Gasteiger partial charge in [0.2, 0.25) is 0 Å². The van der Waals surface area contributed by atoms with Crippen LogP contribution in [-0.4, -0.2) is 59.2 Å². The summed E-state index contributed by atoms with van der Waals surface area (Å²) in [4.78, 5) is 53.0. The van der Waals surface area contributed by atoms with Crippen molar-refractivity contribution in [2.24, 2.45) is 0 Å². The topological polar surface area (TPSA) is 108 Å². The summed E-state index contributed by atoms with van der Waals surface area (Å²) in [5.41, 5.74) is 0.604. The summed E-state index contributed by atoms with van der Waals surface area (Å²) in [6, 6.07) is 6.14. The van der Waals surface area contributed by atoms with E-state index >= 15 is 0 Å². The summed E-state index contributed by atoms with van der Waals surface area (Å²) in [5, 5.41) is 8.62. The Bertz CT molecular complexity index is 914. The Morgan fingerprint density at radius 1 is 1.20 bits per heavy atom. The van der Waals surface area contributed by atoms with Crippen molar-refractivity contribution in [3.63, 3.8) is 0 Å². The number of nitriles is 1. The lowest BCUT2D eigenvalue weighted by molar-refractivity contribution is -0.138. The molecule has 0 radical (unpaired) electrons. The quantitative estimate of drug-likeness (QED) is 0.526. The first-order valence-electron chi connectivity index (χ1n) is 10.2. The molecule has 0 bridgehead atoms. The molecule has 0 N–H and O–H groups in total. The van der Waals surface area contributed by atoms with Gasteiger partial charge in [-0.2, -0.15) is 5.26 Å². The number of fused-ring (bicyclic) bond motifs is 1. The minimum atomic E-state index is -1.04. The molecular weight excluding hydrogens is 386 g/mol. The predicted octanol–water partition coefficient (Wildman–Crippen LogP) is 2.53. The second kappa shape index (κ2) is 9.08. The van der Waals surface area contributed by atoms with Crippen molar-refractivity contribution in [2.45, 2.75) is 57.6 Å². The molecule has 3 rings (SSSR count). The first-order chi connectivity index (χ1) is 14.3. The van der Waals surface area contributed by atoms with Crippen molar-refractivity contribution < 1.29 is 23.9 Å². The van der Waals surface area contributed by atoms with E-state index in [0.29, 0.717) is 5.56 Å². The van der Waals surface area contributed by atoms with Crippen LogP contribution in [-0.2, 0) is 9.53 Å². The van der Waals surface area contributed by atoms with Gasteiger partial charge >= 0.3 is 5.97 Å². The fourth-order valence-electron chi connectivity index (χ4n) is 3.97. The van der Waals surface area contributed by atoms with Crippen LogP contribution in [0, 0.1) is 11.3 Å². The summed E-state index contributed by atoms with van der Waals surface area (Å²) in [6.07, 6.45) is 3.85. The number of esters is 1. The SMILES string of the molecule is C[C@@H](OC(=O)c1ccc2c(c1)C(=O)N(C1CCCCC1)C2=O)C(=O)N(C)CCC#N. The molecule has 1 aliphatic carbocycles. The first kappa shape index (κ1) is 21.5. The van der Waals surface area contributed by atoms with Crippen LogP contribution in [0.5, 0.6) is 0 Å². The van der Waals surface area contributed by atoms with Gasteiger partial charge in [-0.05, 0) is 38.0 Å². The molecule has 2 aliphatic rings. The van der Waals surface area contributed by atoms with Gasteiger partial charge in [0.05, 0.1) is 29.2 Å². The minimum Gasteiger partial charge on any atom is -0.449 e. The third-order valence-corrected chi connectivity index (χ3v) is 5.66. The molecule has 1 aromatic carbocycles. The standard InChI is InChI=1S/C22H25N3O5/c1-14(19(26)24(2)12-6-11-23)30-22(29)15-9-10-17-18(13-15)21(28)25(20(17)27)16-7-4-3-5-8-16/h9-10,13-14,16H,3-8,12H2,1-2H3/t14-/m1/s1. The van der Waals surface area contributed by atoms with Gasteiger partial charge in [0.1, 0.15) is 0 Å². The molecule has 1 fully saturated rings. The molecular formula is C22H25N3O5. The van der Waals surface area contributed by atoms with E-state index in [-0.39, 0.29) is 41.9 Å². The number of amides is 3. The summed E-state index contributed by atoms with van der Waals surface area (Å²) in [6.45, 7) is 1.69. The van der Waals surface area contributed by atoms with Gasteiger partial charge in [-0.1, -0.05) is 19.3 Å². The maximum absolute atomic E-state index is 12.9. The zero-order valence-electron chi connectivity index (χ0n) is 17.2. The minimum absolute atomic E-state index is 0.0943.